The summed E-state index contributed by atoms with van der Waals surface area (Å²) in [6, 6.07) is 11.4. The number of para-hydroxylation sites is 1. The van der Waals surface area contributed by atoms with Crippen LogP contribution >= 0.6 is 11.6 Å². The Labute approximate surface area is 267 Å². The molecule has 0 radical (unpaired) electrons. The molecule has 3 rings (SSSR count). The number of hydrogen-bond acceptors (Lipinski definition) is 9. The van der Waals surface area contributed by atoms with Gasteiger partial charge in [-0.25, -0.2) is 9.97 Å². The van der Waals surface area contributed by atoms with Crippen LogP contribution in [-0.2, 0) is 4.79 Å². The summed E-state index contributed by atoms with van der Waals surface area (Å²) in [5.41, 5.74) is 4.70. The van der Waals surface area contributed by atoms with E-state index in [1.807, 2.05) is 64.5 Å². The van der Waals surface area contributed by atoms with Gasteiger partial charge in [0.2, 0.25) is 11.9 Å². The maximum absolute atomic E-state index is 13.4. The van der Waals surface area contributed by atoms with Gasteiger partial charge in [-0.05, 0) is 57.4 Å². The fourth-order valence-electron chi connectivity index (χ4n) is 4.90. The SMILES string of the molecule is C=CNc1ccccc1C(C)c1nc(Nc2cc(NC(=O)[C@H](CC(C)C)NC)c(N(C)CCN(C)C)cc2OC)ncc1Cl. The van der Waals surface area contributed by atoms with Crippen molar-refractivity contribution in [1.82, 2.24) is 20.2 Å². The molecule has 4 N–H and O–H groups in total. The predicted octanol–water partition coefficient (Wildman–Crippen LogP) is 6.16. The largest absolute Gasteiger partial charge is 0.494 e. The molecule has 1 unspecified atom stereocenters. The number of carbonyl (C=O) groups excluding carboxylic acids is 1. The van der Waals surface area contributed by atoms with Gasteiger partial charge in [-0.2, -0.15) is 0 Å². The highest BCUT2D eigenvalue weighted by molar-refractivity contribution is 6.31. The number of nitrogens with one attached hydrogen (secondary N) is 4. The molecule has 0 aliphatic rings. The van der Waals surface area contributed by atoms with Crippen LogP contribution < -0.4 is 30.9 Å². The normalized spacial score (nSPS) is 12.5. The summed E-state index contributed by atoms with van der Waals surface area (Å²) >= 11 is 6.62. The zero-order valence-electron chi connectivity index (χ0n) is 27.2. The topological polar surface area (TPSA) is 107 Å². The number of amides is 1. The third-order valence-corrected chi connectivity index (χ3v) is 7.65. The first kappa shape index (κ1) is 34.6. The highest BCUT2D eigenvalue weighted by Gasteiger charge is 2.23. The Morgan fingerprint density at radius 2 is 1.82 bits per heavy atom. The Hall–Kier alpha value is -3.86. The lowest BCUT2D eigenvalue weighted by atomic mass is 9.95. The second-order valence-corrected chi connectivity index (χ2v) is 11.9. The molecule has 0 bridgehead atoms. The van der Waals surface area contributed by atoms with Crippen LogP contribution in [-0.4, -0.2) is 75.2 Å². The Balaban J connectivity index is 2.03. The van der Waals surface area contributed by atoms with Gasteiger partial charge in [0.1, 0.15) is 5.75 Å². The average Bonchev–Trinajstić information content (AvgIpc) is 2.99. The lowest BCUT2D eigenvalue weighted by molar-refractivity contribution is -0.118. The molecule has 1 heterocycles. The molecule has 0 aliphatic heterocycles. The van der Waals surface area contributed by atoms with Crippen LogP contribution in [0.5, 0.6) is 5.75 Å². The molecule has 10 nitrogen and oxygen atoms in total. The minimum absolute atomic E-state index is 0.106. The molecule has 0 aliphatic carbocycles. The van der Waals surface area contributed by atoms with E-state index in [1.54, 1.807) is 26.6 Å². The molecule has 2 atom stereocenters. The van der Waals surface area contributed by atoms with E-state index in [-0.39, 0.29) is 17.9 Å². The summed E-state index contributed by atoms with van der Waals surface area (Å²) < 4.78 is 5.80. The van der Waals surface area contributed by atoms with Gasteiger partial charge in [-0.3, -0.25) is 4.79 Å². The van der Waals surface area contributed by atoms with Crippen molar-refractivity contribution in [2.45, 2.75) is 39.2 Å². The third-order valence-electron chi connectivity index (χ3n) is 7.35. The Bertz CT molecular complexity index is 1410. The minimum atomic E-state index is -0.337. The number of carbonyl (C=O) groups is 1. The second-order valence-electron chi connectivity index (χ2n) is 11.5. The van der Waals surface area contributed by atoms with Gasteiger partial charge < -0.3 is 35.8 Å². The van der Waals surface area contributed by atoms with Gasteiger partial charge in [0.25, 0.3) is 0 Å². The molecule has 238 valence electrons. The number of benzene rings is 2. The van der Waals surface area contributed by atoms with Crippen molar-refractivity contribution >= 4 is 46.2 Å². The number of ether oxygens (including phenoxy) is 1. The molecule has 0 spiro atoms. The molecule has 3 aromatic rings. The highest BCUT2D eigenvalue weighted by atomic mass is 35.5. The van der Waals surface area contributed by atoms with Crippen molar-refractivity contribution in [3.05, 3.63) is 71.7 Å². The molecule has 0 saturated heterocycles. The number of rotatable bonds is 16. The number of nitrogens with zero attached hydrogens (tertiary/aromatic N) is 4. The van der Waals surface area contributed by atoms with Crippen LogP contribution in [0.15, 0.2) is 55.4 Å². The predicted molar refractivity (Wildman–Crippen MR) is 184 cm³/mol. The number of halogens is 1. The van der Waals surface area contributed by atoms with Crippen molar-refractivity contribution in [3.8, 4) is 5.75 Å². The number of aromatic nitrogens is 2. The van der Waals surface area contributed by atoms with Crippen LogP contribution in [0, 0.1) is 5.92 Å². The average molecular weight is 623 g/mol. The van der Waals surface area contributed by atoms with Crippen molar-refractivity contribution < 1.29 is 9.53 Å². The Morgan fingerprint density at radius 1 is 1.09 bits per heavy atom. The van der Waals surface area contributed by atoms with E-state index in [2.05, 4.69) is 56.5 Å². The zero-order valence-corrected chi connectivity index (χ0v) is 27.9. The van der Waals surface area contributed by atoms with Crippen LogP contribution in [0.3, 0.4) is 0 Å². The van der Waals surface area contributed by atoms with Gasteiger partial charge in [-0.15, -0.1) is 0 Å². The molecular weight excluding hydrogens is 576 g/mol. The lowest BCUT2D eigenvalue weighted by Gasteiger charge is -2.27. The third kappa shape index (κ3) is 9.07. The van der Waals surface area contributed by atoms with Gasteiger partial charge in [0.15, 0.2) is 0 Å². The zero-order chi connectivity index (χ0) is 32.4. The van der Waals surface area contributed by atoms with E-state index < -0.39 is 0 Å². The molecule has 1 aromatic heterocycles. The first-order valence-electron chi connectivity index (χ1n) is 14.8. The standard InChI is InChI=1S/C33H47ClN8O2/c1-10-36-25-14-12-11-13-23(25)22(4)31-24(34)20-37-33(40-31)39-27-18-26(38-32(43)28(35-5)17-21(2)3)29(19-30(27)44-9)42(8)16-15-41(6)7/h10-14,18-22,28,35-36H,1,15-17H2,2-9H3,(H,38,43)(H,37,39,40)/t22?,28-/m0/s1. The van der Waals surface area contributed by atoms with Crippen LogP contribution in [0.1, 0.15) is 44.4 Å². The summed E-state index contributed by atoms with van der Waals surface area (Å²) in [5, 5.41) is 13.3. The Morgan fingerprint density at radius 3 is 2.45 bits per heavy atom. The monoisotopic (exact) mass is 622 g/mol. The summed E-state index contributed by atoms with van der Waals surface area (Å²) in [6.45, 7) is 11.6. The van der Waals surface area contributed by atoms with Gasteiger partial charge in [0.05, 0.1) is 47.1 Å². The molecule has 0 saturated carbocycles. The molecule has 44 heavy (non-hydrogen) atoms. The van der Waals surface area contributed by atoms with E-state index in [0.29, 0.717) is 46.1 Å². The molecule has 1 amide bonds. The number of hydrogen-bond donors (Lipinski definition) is 4. The first-order valence-corrected chi connectivity index (χ1v) is 15.2. The summed E-state index contributed by atoms with van der Waals surface area (Å²) in [5.74, 6) is 1.04. The fourth-order valence-corrected chi connectivity index (χ4v) is 5.15. The van der Waals surface area contributed by atoms with Crippen molar-refractivity contribution in [2.24, 2.45) is 5.92 Å². The Kier molecular flexibility index (Phi) is 12.8. The van der Waals surface area contributed by atoms with Gasteiger partial charge in [-0.1, -0.05) is 57.2 Å². The molecule has 11 heteroatoms. The van der Waals surface area contributed by atoms with Gasteiger partial charge in [0, 0.05) is 37.8 Å². The fraction of sp³-hybridized carbons (Fsp3) is 0.424. The van der Waals surface area contributed by atoms with Crippen LogP contribution in [0.4, 0.5) is 28.7 Å². The van der Waals surface area contributed by atoms with Crippen LogP contribution in [0.25, 0.3) is 0 Å². The maximum atomic E-state index is 13.4. The smallest absolute Gasteiger partial charge is 0.241 e. The number of anilines is 5. The van der Waals surface area contributed by atoms with Crippen LogP contribution in [0.2, 0.25) is 5.02 Å². The summed E-state index contributed by atoms with van der Waals surface area (Å²) in [6.07, 6.45) is 3.95. The summed E-state index contributed by atoms with van der Waals surface area (Å²) in [4.78, 5) is 26.9. The number of methoxy groups -OCH3 is 1. The minimum Gasteiger partial charge on any atom is -0.494 e. The van der Waals surface area contributed by atoms with Crippen molar-refractivity contribution in [1.29, 1.82) is 0 Å². The van der Waals surface area contributed by atoms with E-state index in [4.69, 9.17) is 21.3 Å². The highest BCUT2D eigenvalue weighted by Crippen LogP contribution is 2.39. The lowest BCUT2D eigenvalue weighted by Crippen LogP contribution is -2.39. The maximum Gasteiger partial charge on any atom is 0.241 e. The number of likely N-dealkylation sites (N-methyl/N-ethyl adjacent to an activating group) is 3. The first-order chi connectivity index (χ1) is 21.0. The molecular formula is C33H47ClN8O2. The van der Waals surface area contributed by atoms with E-state index in [0.717, 1.165) is 30.0 Å². The van der Waals surface area contributed by atoms with Crippen molar-refractivity contribution in [3.63, 3.8) is 0 Å². The van der Waals surface area contributed by atoms with E-state index in [9.17, 15) is 4.79 Å². The molecule has 2 aromatic carbocycles. The van der Waals surface area contributed by atoms with Gasteiger partial charge >= 0.3 is 0 Å². The van der Waals surface area contributed by atoms with E-state index >= 15 is 0 Å². The van der Waals surface area contributed by atoms with E-state index in [1.165, 1.54) is 0 Å². The second kappa shape index (κ2) is 16.3. The summed E-state index contributed by atoms with van der Waals surface area (Å²) in [7, 11) is 9.48. The molecule has 0 fully saturated rings. The quantitative estimate of drug-likeness (QED) is 0.149. The van der Waals surface area contributed by atoms with Crippen molar-refractivity contribution in [2.75, 3.05) is 69.2 Å².